The van der Waals surface area contributed by atoms with Crippen LogP contribution in [0.1, 0.15) is 31.9 Å². The van der Waals surface area contributed by atoms with Gasteiger partial charge < -0.3 is 10.1 Å². The topological polar surface area (TPSA) is 68.7 Å². The second kappa shape index (κ2) is 3.81. The Bertz CT molecular complexity index is 667. The smallest absolute Gasteiger partial charge is 0.219 e. The summed E-state index contributed by atoms with van der Waals surface area (Å²) in [4.78, 5) is 16.0. The van der Waals surface area contributed by atoms with Crippen molar-refractivity contribution in [1.82, 2.24) is 9.88 Å². The van der Waals surface area contributed by atoms with Crippen LogP contribution < -0.4 is 0 Å². The van der Waals surface area contributed by atoms with E-state index in [0.29, 0.717) is 5.39 Å². The molecule has 1 aliphatic rings. The number of fused-ring (bicyclic) bond motifs is 3. The highest BCUT2D eigenvalue weighted by Gasteiger charge is 2.30. The van der Waals surface area contributed by atoms with E-state index < -0.39 is 0 Å². The molecular weight excluding hydrogens is 242 g/mol. The summed E-state index contributed by atoms with van der Waals surface area (Å²) in [6, 6.07) is 3.87. The van der Waals surface area contributed by atoms with Crippen molar-refractivity contribution in [3.05, 3.63) is 28.2 Å². The van der Waals surface area contributed by atoms with Crippen molar-refractivity contribution < 1.29 is 5.11 Å². The van der Waals surface area contributed by atoms with Gasteiger partial charge in [-0.05, 0) is 37.1 Å². The number of aromatic amines is 1. The molecule has 3 rings (SSSR count). The van der Waals surface area contributed by atoms with Gasteiger partial charge in [-0.25, -0.2) is 0 Å². The molecule has 0 fully saturated rings. The van der Waals surface area contributed by atoms with Crippen molar-refractivity contribution in [2.24, 2.45) is 5.18 Å². The number of nitroso groups, excluding NO2 is 1. The average Bonchev–Trinajstić information content (AvgIpc) is 2.87. The predicted octanol–water partition coefficient (Wildman–Crippen LogP) is 3.39. The molecule has 0 aliphatic carbocycles. The monoisotopic (exact) mass is 259 g/mol. The molecule has 0 radical (unpaired) electrons. The Kier molecular flexibility index (Phi) is 2.44. The first-order valence-electron chi connectivity index (χ1n) is 6.35. The summed E-state index contributed by atoms with van der Waals surface area (Å²) in [6.45, 7) is 8.24. The van der Waals surface area contributed by atoms with Crippen molar-refractivity contribution in [3.63, 3.8) is 0 Å². The quantitative estimate of drug-likeness (QED) is 0.771. The summed E-state index contributed by atoms with van der Waals surface area (Å²) in [5, 5.41) is 13.3. The Morgan fingerprint density at radius 2 is 2.05 bits per heavy atom. The lowest BCUT2D eigenvalue weighted by molar-refractivity contribution is 0.136. The van der Waals surface area contributed by atoms with Gasteiger partial charge in [0.1, 0.15) is 0 Å². The van der Waals surface area contributed by atoms with Gasteiger partial charge in [-0.3, -0.25) is 4.90 Å². The minimum atomic E-state index is -0.146. The number of hydrogen-bond acceptors (Lipinski definition) is 4. The van der Waals surface area contributed by atoms with E-state index in [0.717, 1.165) is 24.2 Å². The first kappa shape index (κ1) is 12.2. The lowest BCUT2D eigenvalue weighted by Gasteiger charge is -2.31. The first-order valence-corrected chi connectivity index (χ1v) is 6.35. The fourth-order valence-electron chi connectivity index (χ4n) is 2.68. The fraction of sp³-hybridized carbons (Fsp3) is 0.429. The van der Waals surface area contributed by atoms with E-state index in [1.165, 1.54) is 5.56 Å². The van der Waals surface area contributed by atoms with Crippen LogP contribution in [-0.2, 0) is 13.1 Å². The maximum atomic E-state index is 10.8. The highest BCUT2D eigenvalue weighted by atomic mass is 16.3. The molecular formula is C14H17N3O2. The Balaban J connectivity index is 2.16. The van der Waals surface area contributed by atoms with Crippen molar-refractivity contribution >= 4 is 16.6 Å². The van der Waals surface area contributed by atoms with Crippen LogP contribution in [0.2, 0.25) is 0 Å². The number of nitrogens with one attached hydrogen (secondary N) is 1. The number of H-pyrrole nitrogens is 1. The van der Waals surface area contributed by atoms with Crippen LogP contribution in [0.25, 0.3) is 10.9 Å². The first-order chi connectivity index (χ1) is 8.91. The summed E-state index contributed by atoms with van der Waals surface area (Å²) in [5.74, 6) is -0.146. The molecule has 2 N–H and O–H groups in total. The third-order valence-corrected chi connectivity index (χ3v) is 3.88. The second-order valence-electron chi connectivity index (χ2n) is 6.07. The molecule has 0 amide bonds. The van der Waals surface area contributed by atoms with Crippen LogP contribution in [0, 0.1) is 4.91 Å². The van der Waals surface area contributed by atoms with E-state index >= 15 is 0 Å². The van der Waals surface area contributed by atoms with Crippen LogP contribution in [-0.4, -0.2) is 20.5 Å². The summed E-state index contributed by atoms with van der Waals surface area (Å²) in [7, 11) is 0. The lowest BCUT2D eigenvalue weighted by Crippen LogP contribution is -2.36. The van der Waals surface area contributed by atoms with Crippen molar-refractivity contribution in [3.8, 4) is 5.88 Å². The molecule has 1 aromatic heterocycles. The number of aromatic hydroxyl groups is 1. The molecule has 1 aliphatic heterocycles. The Labute approximate surface area is 111 Å². The number of aromatic nitrogens is 1. The highest BCUT2D eigenvalue weighted by Crippen LogP contribution is 2.40. The van der Waals surface area contributed by atoms with Crippen LogP contribution in [0.5, 0.6) is 5.88 Å². The summed E-state index contributed by atoms with van der Waals surface area (Å²) >= 11 is 0. The molecule has 19 heavy (non-hydrogen) atoms. The fourth-order valence-corrected chi connectivity index (χ4v) is 2.68. The third-order valence-electron chi connectivity index (χ3n) is 3.88. The zero-order valence-corrected chi connectivity index (χ0v) is 11.3. The number of nitrogens with zero attached hydrogens (tertiary/aromatic N) is 2. The van der Waals surface area contributed by atoms with Crippen molar-refractivity contribution in [2.75, 3.05) is 0 Å². The molecule has 0 spiro atoms. The molecule has 0 unspecified atom stereocenters. The molecule has 100 valence electrons. The number of benzene rings is 1. The van der Waals surface area contributed by atoms with E-state index in [-0.39, 0.29) is 17.1 Å². The van der Waals surface area contributed by atoms with Gasteiger partial charge in [0, 0.05) is 24.0 Å². The molecule has 5 heteroatoms. The standard InChI is InChI=1S/C14H17N3O2/c1-14(2,3)17-6-8-4-5-9-11(10(8)7-17)15-13(18)12(9)16-19/h4-5,15,18H,6-7H2,1-3H3. The Hall–Kier alpha value is -1.88. The SMILES string of the molecule is CC(C)(C)N1Cc2ccc3c(N=O)c(O)[nH]c3c2C1. The minimum Gasteiger partial charge on any atom is -0.493 e. The van der Waals surface area contributed by atoms with E-state index in [1.54, 1.807) is 0 Å². The normalized spacial score (nSPS) is 15.9. The Morgan fingerprint density at radius 1 is 1.32 bits per heavy atom. The predicted molar refractivity (Wildman–Crippen MR) is 74.4 cm³/mol. The van der Waals surface area contributed by atoms with E-state index in [2.05, 4.69) is 35.8 Å². The van der Waals surface area contributed by atoms with Gasteiger partial charge in [-0.15, -0.1) is 4.91 Å². The maximum Gasteiger partial charge on any atom is 0.219 e. The van der Waals surface area contributed by atoms with E-state index in [1.807, 2.05) is 12.1 Å². The van der Waals surface area contributed by atoms with Crippen LogP contribution >= 0.6 is 0 Å². The van der Waals surface area contributed by atoms with Gasteiger partial charge >= 0.3 is 0 Å². The molecule has 0 atom stereocenters. The molecule has 0 saturated heterocycles. The van der Waals surface area contributed by atoms with Gasteiger partial charge in [-0.2, -0.15) is 0 Å². The van der Waals surface area contributed by atoms with Gasteiger partial charge in [-0.1, -0.05) is 12.1 Å². The molecule has 2 aromatic rings. The zero-order chi connectivity index (χ0) is 13.8. The van der Waals surface area contributed by atoms with Crippen molar-refractivity contribution in [2.45, 2.75) is 39.4 Å². The summed E-state index contributed by atoms with van der Waals surface area (Å²) < 4.78 is 0. The lowest BCUT2D eigenvalue weighted by atomic mass is 10.1. The largest absolute Gasteiger partial charge is 0.493 e. The Morgan fingerprint density at radius 3 is 2.68 bits per heavy atom. The maximum absolute atomic E-state index is 10.8. The summed E-state index contributed by atoms with van der Waals surface area (Å²) in [5.41, 5.74) is 3.41. The molecule has 5 nitrogen and oxygen atoms in total. The number of hydrogen-bond donors (Lipinski definition) is 2. The molecule has 2 heterocycles. The average molecular weight is 259 g/mol. The highest BCUT2D eigenvalue weighted by molar-refractivity contribution is 5.96. The van der Waals surface area contributed by atoms with E-state index in [4.69, 9.17) is 0 Å². The molecule has 1 aromatic carbocycles. The minimum absolute atomic E-state index is 0.0890. The molecule has 0 saturated carbocycles. The van der Waals surface area contributed by atoms with Gasteiger partial charge in [0.25, 0.3) is 0 Å². The van der Waals surface area contributed by atoms with Gasteiger partial charge in [0.05, 0.1) is 5.52 Å². The van der Waals surface area contributed by atoms with Crippen LogP contribution in [0.4, 0.5) is 5.69 Å². The van der Waals surface area contributed by atoms with Crippen LogP contribution in [0.3, 0.4) is 0 Å². The second-order valence-corrected chi connectivity index (χ2v) is 6.07. The summed E-state index contributed by atoms with van der Waals surface area (Å²) in [6.07, 6.45) is 0. The number of rotatable bonds is 1. The van der Waals surface area contributed by atoms with Crippen LogP contribution in [0.15, 0.2) is 17.3 Å². The van der Waals surface area contributed by atoms with Crippen molar-refractivity contribution in [1.29, 1.82) is 0 Å². The van der Waals surface area contributed by atoms with Gasteiger partial charge in [0.2, 0.25) is 5.88 Å². The molecule has 0 bridgehead atoms. The van der Waals surface area contributed by atoms with E-state index in [9.17, 15) is 10.0 Å². The van der Waals surface area contributed by atoms with Gasteiger partial charge in [0.15, 0.2) is 5.69 Å². The zero-order valence-electron chi connectivity index (χ0n) is 11.3. The third kappa shape index (κ3) is 1.73.